The van der Waals surface area contributed by atoms with Gasteiger partial charge in [-0.2, -0.15) is 0 Å². The summed E-state index contributed by atoms with van der Waals surface area (Å²) in [5.74, 6) is -1.92. The highest BCUT2D eigenvalue weighted by Gasteiger charge is 2.14. The predicted molar refractivity (Wildman–Crippen MR) is 89.3 cm³/mol. The Balaban J connectivity index is 1.54. The number of benzene rings is 2. The molecule has 1 heterocycles. The molecule has 3 rings (SSSR count). The molecule has 128 valence electrons. The maximum atomic E-state index is 13.5. The molecule has 0 fully saturated rings. The van der Waals surface area contributed by atoms with Crippen LogP contribution in [0, 0.1) is 11.6 Å². The van der Waals surface area contributed by atoms with E-state index in [1.54, 1.807) is 0 Å². The van der Waals surface area contributed by atoms with Gasteiger partial charge in [0, 0.05) is 0 Å². The smallest absolute Gasteiger partial charge is 0.277 e. The van der Waals surface area contributed by atoms with Crippen molar-refractivity contribution in [2.45, 2.75) is 11.6 Å². The van der Waals surface area contributed by atoms with Gasteiger partial charge in [0.25, 0.3) is 5.22 Å². The number of thioether (sulfide) groups is 1. The number of carbonyl (C=O) groups excluding carboxylic acids is 1. The van der Waals surface area contributed by atoms with E-state index in [1.807, 2.05) is 30.3 Å². The molecule has 0 aliphatic rings. The largest absolute Gasteiger partial charge is 0.416 e. The van der Waals surface area contributed by atoms with Crippen molar-refractivity contribution in [3.63, 3.8) is 0 Å². The summed E-state index contributed by atoms with van der Waals surface area (Å²) in [5.41, 5.74) is 0.555. The Hall–Kier alpha value is -2.74. The second kappa shape index (κ2) is 7.89. The van der Waals surface area contributed by atoms with Crippen molar-refractivity contribution in [1.29, 1.82) is 0 Å². The number of hydrogen-bond donors (Lipinski definition) is 1. The first-order chi connectivity index (χ1) is 12.1. The summed E-state index contributed by atoms with van der Waals surface area (Å²) in [6.45, 7) is 0. The van der Waals surface area contributed by atoms with Crippen molar-refractivity contribution in [2.24, 2.45) is 0 Å². The number of halogens is 2. The van der Waals surface area contributed by atoms with Gasteiger partial charge in [-0.3, -0.25) is 4.79 Å². The summed E-state index contributed by atoms with van der Waals surface area (Å²) in [5, 5.41) is 10.2. The summed E-state index contributed by atoms with van der Waals surface area (Å²) in [6, 6.07) is 13.0. The van der Waals surface area contributed by atoms with Crippen molar-refractivity contribution >= 4 is 23.4 Å². The van der Waals surface area contributed by atoms with Crippen molar-refractivity contribution < 1.29 is 18.0 Å². The average Bonchev–Trinajstić information content (AvgIpc) is 3.05. The molecule has 0 bridgehead atoms. The fourth-order valence-electron chi connectivity index (χ4n) is 2.06. The van der Waals surface area contributed by atoms with E-state index in [-0.39, 0.29) is 11.0 Å². The van der Waals surface area contributed by atoms with Crippen LogP contribution < -0.4 is 5.32 Å². The van der Waals surface area contributed by atoms with Gasteiger partial charge in [-0.1, -0.05) is 48.2 Å². The lowest BCUT2D eigenvalue weighted by Gasteiger charge is -2.06. The first-order valence-corrected chi connectivity index (χ1v) is 8.33. The van der Waals surface area contributed by atoms with Gasteiger partial charge in [0.1, 0.15) is 17.3 Å². The molecule has 0 aliphatic carbocycles. The lowest BCUT2D eigenvalue weighted by molar-refractivity contribution is -0.113. The number of amides is 1. The molecule has 3 aromatic rings. The van der Waals surface area contributed by atoms with Crippen LogP contribution in [0.3, 0.4) is 0 Å². The maximum absolute atomic E-state index is 13.5. The number of aromatic nitrogens is 2. The van der Waals surface area contributed by atoms with E-state index in [1.165, 1.54) is 6.07 Å². The SMILES string of the molecule is O=C(CSc1nnc(Cc2ccccc2)o1)Nc1c(F)cccc1F. The van der Waals surface area contributed by atoms with Crippen LogP contribution in [0.1, 0.15) is 11.5 Å². The minimum Gasteiger partial charge on any atom is -0.416 e. The van der Waals surface area contributed by atoms with Crippen LogP contribution in [0.25, 0.3) is 0 Å². The summed E-state index contributed by atoms with van der Waals surface area (Å²) in [4.78, 5) is 11.8. The van der Waals surface area contributed by atoms with E-state index in [4.69, 9.17) is 4.42 Å². The minimum atomic E-state index is -0.832. The zero-order valence-electron chi connectivity index (χ0n) is 12.9. The van der Waals surface area contributed by atoms with E-state index in [9.17, 15) is 13.6 Å². The number of hydrogen-bond acceptors (Lipinski definition) is 5. The molecule has 0 spiro atoms. The fraction of sp³-hybridized carbons (Fsp3) is 0.118. The molecular formula is C17H13F2N3O2S. The van der Waals surface area contributed by atoms with Crippen molar-refractivity contribution in [3.05, 3.63) is 71.6 Å². The minimum absolute atomic E-state index is 0.110. The van der Waals surface area contributed by atoms with Gasteiger partial charge >= 0.3 is 0 Å². The lowest BCUT2D eigenvalue weighted by atomic mass is 10.2. The molecule has 0 unspecified atom stereocenters. The van der Waals surface area contributed by atoms with Crippen LogP contribution in [0.5, 0.6) is 0 Å². The Morgan fingerprint density at radius 3 is 2.48 bits per heavy atom. The third-order valence-corrected chi connectivity index (χ3v) is 4.02. The highest BCUT2D eigenvalue weighted by atomic mass is 32.2. The van der Waals surface area contributed by atoms with Crippen LogP contribution in [0.2, 0.25) is 0 Å². The van der Waals surface area contributed by atoms with Gasteiger partial charge < -0.3 is 9.73 Å². The molecule has 1 N–H and O–H groups in total. The van der Waals surface area contributed by atoms with E-state index < -0.39 is 23.2 Å². The van der Waals surface area contributed by atoms with Gasteiger partial charge in [0.2, 0.25) is 11.8 Å². The summed E-state index contributed by atoms with van der Waals surface area (Å²) >= 11 is 0.994. The van der Waals surface area contributed by atoms with E-state index in [0.717, 1.165) is 29.5 Å². The number of rotatable bonds is 6. The Morgan fingerprint density at radius 2 is 1.76 bits per heavy atom. The molecule has 1 aromatic heterocycles. The van der Waals surface area contributed by atoms with Crippen LogP contribution in [0.15, 0.2) is 58.2 Å². The van der Waals surface area contributed by atoms with Crippen molar-refractivity contribution in [1.82, 2.24) is 10.2 Å². The summed E-state index contributed by atoms with van der Waals surface area (Å²) in [6.07, 6.45) is 0.487. The Bertz CT molecular complexity index is 851. The number of nitrogens with one attached hydrogen (secondary N) is 1. The maximum Gasteiger partial charge on any atom is 0.277 e. The van der Waals surface area contributed by atoms with E-state index in [0.29, 0.717) is 12.3 Å². The van der Waals surface area contributed by atoms with Crippen LogP contribution >= 0.6 is 11.8 Å². The quantitative estimate of drug-likeness (QED) is 0.679. The molecule has 0 saturated heterocycles. The predicted octanol–water partition coefficient (Wildman–Crippen LogP) is 3.67. The Labute approximate surface area is 146 Å². The van der Waals surface area contributed by atoms with Gasteiger partial charge in [-0.25, -0.2) is 8.78 Å². The van der Waals surface area contributed by atoms with Crippen molar-refractivity contribution in [3.8, 4) is 0 Å². The van der Waals surface area contributed by atoms with Crippen LogP contribution in [0.4, 0.5) is 14.5 Å². The Morgan fingerprint density at radius 1 is 1.04 bits per heavy atom. The number of nitrogens with zero attached hydrogens (tertiary/aromatic N) is 2. The van der Waals surface area contributed by atoms with Gasteiger partial charge in [0.05, 0.1) is 12.2 Å². The molecule has 0 saturated carbocycles. The molecule has 0 aliphatic heterocycles. The van der Waals surface area contributed by atoms with Gasteiger partial charge in [-0.05, 0) is 17.7 Å². The van der Waals surface area contributed by atoms with E-state index >= 15 is 0 Å². The van der Waals surface area contributed by atoms with Gasteiger partial charge in [0.15, 0.2) is 0 Å². The topological polar surface area (TPSA) is 68.0 Å². The molecule has 5 nitrogen and oxygen atoms in total. The molecule has 25 heavy (non-hydrogen) atoms. The zero-order chi connectivity index (χ0) is 17.6. The third kappa shape index (κ3) is 4.63. The van der Waals surface area contributed by atoms with Gasteiger partial charge in [-0.15, -0.1) is 10.2 Å². The normalized spacial score (nSPS) is 10.6. The molecule has 0 radical (unpaired) electrons. The number of anilines is 1. The number of para-hydroxylation sites is 1. The lowest BCUT2D eigenvalue weighted by Crippen LogP contribution is -2.16. The molecule has 2 aromatic carbocycles. The second-order valence-corrected chi connectivity index (χ2v) is 5.98. The standard InChI is InChI=1S/C17H13F2N3O2S/c18-12-7-4-8-13(19)16(12)20-14(23)10-25-17-22-21-15(24-17)9-11-5-2-1-3-6-11/h1-8H,9-10H2,(H,20,23). The fourth-order valence-corrected chi connectivity index (χ4v) is 2.64. The average molecular weight is 361 g/mol. The summed E-state index contributed by atoms with van der Waals surface area (Å²) in [7, 11) is 0. The van der Waals surface area contributed by atoms with Crippen molar-refractivity contribution in [2.75, 3.05) is 11.1 Å². The van der Waals surface area contributed by atoms with E-state index in [2.05, 4.69) is 15.5 Å². The monoisotopic (exact) mass is 361 g/mol. The third-order valence-electron chi connectivity index (χ3n) is 3.20. The molecule has 0 atom stereocenters. The molecular weight excluding hydrogens is 348 g/mol. The highest BCUT2D eigenvalue weighted by molar-refractivity contribution is 7.99. The first kappa shape index (κ1) is 17.1. The zero-order valence-corrected chi connectivity index (χ0v) is 13.7. The molecule has 1 amide bonds. The first-order valence-electron chi connectivity index (χ1n) is 7.35. The second-order valence-electron chi connectivity index (χ2n) is 5.06. The number of carbonyl (C=O) groups is 1. The summed E-state index contributed by atoms with van der Waals surface area (Å²) < 4.78 is 32.4. The van der Waals surface area contributed by atoms with Crippen LogP contribution in [-0.4, -0.2) is 21.9 Å². The molecule has 8 heteroatoms. The highest BCUT2D eigenvalue weighted by Crippen LogP contribution is 2.21. The Kier molecular flexibility index (Phi) is 5.39. The van der Waals surface area contributed by atoms with Crippen LogP contribution in [-0.2, 0) is 11.2 Å².